The minimum atomic E-state index is -3.28. The largest absolute Gasteiger partial charge is 0.312 e. The van der Waals surface area contributed by atoms with E-state index in [2.05, 4.69) is 12.2 Å². The van der Waals surface area contributed by atoms with E-state index < -0.39 is 10.0 Å². The molecule has 1 fully saturated rings. The summed E-state index contributed by atoms with van der Waals surface area (Å²) in [6.07, 6.45) is 3.26. The van der Waals surface area contributed by atoms with E-state index in [1.54, 1.807) is 9.69 Å². The number of rotatable bonds is 7. The molecule has 6 heteroatoms. The number of hydrogen-bond acceptors (Lipinski definition) is 4. The second-order valence-electron chi connectivity index (χ2n) is 5.34. The SMILES string of the molecule is CCCC1CCN(S(=O)(=O)c2csc(CNCC)c2)C1. The van der Waals surface area contributed by atoms with Crippen molar-refractivity contribution >= 4 is 21.4 Å². The molecule has 0 saturated carbocycles. The summed E-state index contributed by atoms with van der Waals surface area (Å²) in [6.45, 7) is 7.20. The van der Waals surface area contributed by atoms with Crippen LogP contribution < -0.4 is 5.32 Å². The van der Waals surface area contributed by atoms with Gasteiger partial charge < -0.3 is 5.32 Å². The highest BCUT2D eigenvalue weighted by Gasteiger charge is 2.32. The molecule has 0 bridgehead atoms. The second-order valence-corrected chi connectivity index (χ2v) is 8.27. The summed E-state index contributed by atoms with van der Waals surface area (Å²) in [6, 6.07) is 1.82. The van der Waals surface area contributed by atoms with E-state index in [-0.39, 0.29) is 0 Å². The lowest BCUT2D eigenvalue weighted by Gasteiger charge is -2.15. The first-order valence-corrected chi connectivity index (χ1v) is 9.68. The quantitative estimate of drug-likeness (QED) is 0.841. The average Bonchev–Trinajstić information content (AvgIpc) is 3.06. The minimum Gasteiger partial charge on any atom is -0.312 e. The first-order valence-electron chi connectivity index (χ1n) is 7.36. The second kappa shape index (κ2) is 7.02. The van der Waals surface area contributed by atoms with E-state index in [0.29, 0.717) is 23.9 Å². The van der Waals surface area contributed by atoms with Crippen LogP contribution >= 0.6 is 11.3 Å². The smallest absolute Gasteiger partial charge is 0.243 e. The van der Waals surface area contributed by atoms with Crippen molar-refractivity contribution in [1.82, 2.24) is 9.62 Å². The van der Waals surface area contributed by atoms with Gasteiger partial charge in [0.15, 0.2) is 0 Å². The summed E-state index contributed by atoms with van der Waals surface area (Å²) < 4.78 is 26.8. The van der Waals surface area contributed by atoms with Gasteiger partial charge in [-0.1, -0.05) is 20.3 Å². The van der Waals surface area contributed by atoms with Crippen LogP contribution in [0.25, 0.3) is 0 Å². The summed E-state index contributed by atoms with van der Waals surface area (Å²) in [5.41, 5.74) is 0. The van der Waals surface area contributed by atoms with Gasteiger partial charge >= 0.3 is 0 Å². The number of nitrogens with zero attached hydrogens (tertiary/aromatic N) is 1. The van der Waals surface area contributed by atoms with Crippen LogP contribution in [0.5, 0.6) is 0 Å². The van der Waals surface area contributed by atoms with E-state index >= 15 is 0 Å². The first kappa shape index (κ1) is 15.9. The number of nitrogens with one attached hydrogen (secondary N) is 1. The third-order valence-electron chi connectivity index (χ3n) is 3.76. The van der Waals surface area contributed by atoms with E-state index in [4.69, 9.17) is 0 Å². The van der Waals surface area contributed by atoms with Crippen LogP contribution in [0.3, 0.4) is 0 Å². The molecule has 0 aliphatic carbocycles. The lowest BCUT2D eigenvalue weighted by molar-refractivity contribution is 0.445. The summed E-state index contributed by atoms with van der Waals surface area (Å²) in [5.74, 6) is 0.537. The van der Waals surface area contributed by atoms with Crippen molar-refractivity contribution in [1.29, 1.82) is 0 Å². The minimum absolute atomic E-state index is 0.465. The van der Waals surface area contributed by atoms with Gasteiger partial charge in [-0.15, -0.1) is 11.3 Å². The Hall–Kier alpha value is -0.430. The maximum Gasteiger partial charge on any atom is 0.243 e. The number of sulfonamides is 1. The Balaban J connectivity index is 2.05. The molecular formula is C14H24N2O2S2. The van der Waals surface area contributed by atoms with Gasteiger partial charge in [0, 0.05) is 29.9 Å². The van der Waals surface area contributed by atoms with Crippen LogP contribution in [0, 0.1) is 5.92 Å². The normalized spacial score (nSPS) is 20.6. The Bertz CT molecular complexity index is 525. The van der Waals surface area contributed by atoms with Crippen LogP contribution in [-0.4, -0.2) is 32.4 Å². The Kier molecular flexibility index (Phi) is 5.60. The van der Waals surface area contributed by atoms with Crippen molar-refractivity contribution in [2.75, 3.05) is 19.6 Å². The van der Waals surface area contributed by atoms with Gasteiger partial charge in [0.25, 0.3) is 0 Å². The van der Waals surface area contributed by atoms with E-state index in [1.807, 2.05) is 13.0 Å². The molecule has 0 radical (unpaired) electrons. The van der Waals surface area contributed by atoms with Crippen molar-refractivity contribution in [2.45, 2.75) is 44.6 Å². The Morgan fingerprint density at radius 3 is 2.95 bits per heavy atom. The van der Waals surface area contributed by atoms with Gasteiger partial charge in [-0.2, -0.15) is 4.31 Å². The fraction of sp³-hybridized carbons (Fsp3) is 0.714. The molecule has 0 amide bonds. The molecule has 20 heavy (non-hydrogen) atoms. The van der Waals surface area contributed by atoms with Gasteiger partial charge in [0.1, 0.15) is 0 Å². The summed E-state index contributed by atoms with van der Waals surface area (Å²) >= 11 is 1.52. The monoisotopic (exact) mass is 316 g/mol. The van der Waals surface area contributed by atoms with Gasteiger partial charge in [-0.05, 0) is 31.4 Å². The molecule has 1 atom stereocenters. The van der Waals surface area contributed by atoms with Gasteiger partial charge in [-0.25, -0.2) is 8.42 Å². The zero-order valence-electron chi connectivity index (χ0n) is 12.3. The average molecular weight is 316 g/mol. The molecule has 1 aliphatic heterocycles. The molecule has 2 rings (SSSR count). The third kappa shape index (κ3) is 3.61. The Morgan fingerprint density at radius 2 is 2.25 bits per heavy atom. The molecule has 1 unspecified atom stereocenters. The molecule has 0 spiro atoms. The van der Waals surface area contributed by atoms with Crippen LogP contribution in [0.1, 0.15) is 38.0 Å². The Morgan fingerprint density at radius 1 is 1.45 bits per heavy atom. The highest BCUT2D eigenvalue weighted by molar-refractivity contribution is 7.89. The number of thiophene rings is 1. The first-order chi connectivity index (χ1) is 9.57. The lowest BCUT2D eigenvalue weighted by atomic mass is 10.0. The molecule has 1 saturated heterocycles. The van der Waals surface area contributed by atoms with Crippen molar-refractivity contribution < 1.29 is 8.42 Å². The standard InChI is InChI=1S/C14H24N2O2S2/c1-3-5-12-6-7-16(10-12)20(17,18)14-8-13(19-11-14)9-15-4-2/h8,11-12,15H,3-7,9-10H2,1-2H3. The predicted octanol–water partition coefficient (Wildman–Crippen LogP) is 2.67. The molecular weight excluding hydrogens is 292 g/mol. The molecule has 1 aromatic rings. The fourth-order valence-corrected chi connectivity index (χ4v) is 5.41. The fourth-order valence-electron chi connectivity index (χ4n) is 2.65. The van der Waals surface area contributed by atoms with Gasteiger partial charge in [-0.3, -0.25) is 0 Å². The third-order valence-corrected chi connectivity index (χ3v) is 6.69. The van der Waals surface area contributed by atoms with Crippen LogP contribution in [-0.2, 0) is 16.6 Å². The molecule has 1 aromatic heterocycles. The molecule has 0 aromatic carbocycles. The summed E-state index contributed by atoms with van der Waals surface area (Å²) in [4.78, 5) is 1.54. The van der Waals surface area contributed by atoms with Crippen LogP contribution in [0.15, 0.2) is 16.3 Å². The van der Waals surface area contributed by atoms with E-state index in [1.165, 1.54) is 11.3 Å². The topological polar surface area (TPSA) is 49.4 Å². The summed E-state index contributed by atoms with van der Waals surface area (Å²) in [7, 11) is -3.28. The zero-order chi connectivity index (χ0) is 14.6. The van der Waals surface area contributed by atoms with Crippen molar-refractivity contribution in [3.05, 3.63) is 16.3 Å². The number of hydrogen-bond donors (Lipinski definition) is 1. The van der Waals surface area contributed by atoms with Crippen LogP contribution in [0.4, 0.5) is 0 Å². The zero-order valence-corrected chi connectivity index (χ0v) is 13.9. The van der Waals surface area contributed by atoms with Gasteiger partial charge in [0.2, 0.25) is 10.0 Å². The van der Waals surface area contributed by atoms with Crippen LogP contribution in [0.2, 0.25) is 0 Å². The molecule has 4 nitrogen and oxygen atoms in total. The van der Waals surface area contributed by atoms with E-state index in [9.17, 15) is 8.42 Å². The maximum absolute atomic E-state index is 12.6. The highest BCUT2D eigenvalue weighted by atomic mass is 32.2. The summed E-state index contributed by atoms with van der Waals surface area (Å²) in [5, 5.41) is 5.00. The molecule has 1 aliphatic rings. The highest BCUT2D eigenvalue weighted by Crippen LogP contribution is 2.29. The van der Waals surface area contributed by atoms with Crippen molar-refractivity contribution in [3.63, 3.8) is 0 Å². The predicted molar refractivity (Wildman–Crippen MR) is 83.5 cm³/mol. The Labute approximate surface area is 126 Å². The molecule has 2 heterocycles. The van der Waals surface area contributed by atoms with Gasteiger partial charge in [0.05, 0.1) is 4.90 Å². The van der Waals surface area contributed by atoms with Crippen molar-refractivity contribution in [2.24, 2.45) is 5.92 Å². The maximum atomic E-state index is 12.6. The lowest BCUT2D eigenvalue weighted by Crippen LogP contribution is -2.28. The molecule has 114 valence electrons. The van der Waals surface area contributed by atoms with E-state index in [0.717, 1.165) is 37.2 Å². The molecule has 1 N–H and O–H groups in total. The van der Waals surface area contributed by atoms with Crippen molar-refractivity contribution in [3.8, 4) is 0 Å².